The molecular formula is C14H17BrFNO4. The molecule has 5 nitrogen and oxygen atoms in total. The van der Waals surface area contributed by atoms with E-state index in [2.05, 4.69) is 15.9 Å². The molecule has 116 valence electrons. The summed E-state index contributed by atoms with van der Waals surface area (Å²) in [6.07, 6.45) is -0.800. The second-order valence-electron chi connectivity index (χ2n) is 5.50. The van der Waals surface area contributed by atoms with Crippen LogP contribution in [0.2, 0.25) is 0 Å². The van der Waals surface area contributed by atoms with Crippen molar-refractivity contribution >= 4 is 28.0 Å². The average molecular weight is 362 g/mol. The number of aliphatic carboxylic acids is 1. The van der Waals surface area contributed by atoms with Gasteiger partial charge in [0.1, 0.15) is 11.4 Å². The molecule has 1 aromatic carbocycles. The predicted octanol–water partition coefficient (Wildman–Crippen LogP) is 3.58. The first-order valence-electron chi connectivity index (χ1n) is 6.16. The number of carbonyl (C=O) groups excluding carboxylic acids is 1. The van der Waals surface area contributed by atoms with Gasteiger partial charge in [0.05, 0.1) is 0 Å². The van der Waals surface area contributed by atoms with Gasteiger partial charge in [-0.25, -0.2) is 14.0 Å². The van der Waals surface area contributed by atoms with E-state index < -0.39 is 29.5 Å². The monoisotopic (exact) mass is 361 g/mol. The molecule has 1 amide bonds. The molecule has 0 bridgehead atoms. The number of hydrogen-bond donors (Lipinski definition) is 1. The number of nitrogens with zero attached hydrogens (tertiary/aromatic N) is 1. The van der Waals surface area contributed by atoms with E-state index in [1.165, 1.54) is 19.2 Å². The van der Waals surface area contributed by atoms with Crippen LogP contribution in [-0.2, 0) is 9.53 Å². The minimum atomic E-state index is -1.36. The van der Waals surface area contributed by atoms with Crippen molar-refractivity contribution in [1.29, 1.82) is 0 Å². The van der Waals surface area contributed by atoms with Gasteiger partial charge in [-0.1, -0.05) is 15.9 Å². The summed E-state index contributed by atoms with van der Waals surface area (Å²) in [5.41, 5.74) is -0.621. The lowest BCUT2D eigenvalue weighted by molar-refractivity contribution is -0.143. The van der Waals surface area contributed by atoms with Crippen LogP contribution in [0, 0.1) is 5.82 Å². The van der Waals surface area contributed by atoms with Gasteiger partial charge in [0, 0.05) is 17.1 Å². The third-order valence-electron chi connectivity index (χ3n) is 2.56. The zero-order chi connectivity index (χ0) is 16.4. The SMILES string of the molecule is CN(C(=O)OC(C)(C)C)C(C(=O)O)c1cc(F)ccc1Br. The van der Waals surface area contributed by atoms with Gasteiger partial charge in [-0.15, -0.1) is 0 Å². The van der Waals surface area contributed by atoms with Gasteiger partial charge in [0.15, 0.2) is 6.04 Å². The van der Waals surface area contributed by atoms with Crippen molar-refractivity contribution in [1.82, 2.24) is 4.90 Å². The van der Waals surface area contributed by atoms with Crippen molar-refractivity contribution in [3.05, 3.63) is 34.1 Å². The van der Waals surface area contributed by atoms with Crippen LogP contribution >= 0.6 is 15.9 Å². The number of carboxylic acids is 1. The van der Waals surface area contributed by atoms with Gasteiger partial charge < -0.3 is 9.84 Å². The van der Waals surface area contributed by atoms with E-state index in [1.807, 2.05) is 0 Å². The van der Waals surface area contributed by atoms with Crippen molar-refractivity contribution < 1.29 is 23.8 Å². The normalized spacial score (nSPS) is 12.7. The lowest BCUT2D eigenvalue weighted by Gasteiger charge is -2.29. The molecule has 0 aromatic heterocycles. The summed E-state index contributed by atoms with van der Waals surface area (Å²) in [7, 11) is 1.30. The number of carboxylic acid groups (broad SMARTS) is 1. The summed E-state index contributed by atoms with van der Waals surface area (Å²) in [6.45, 7) is 5.02. The minimum absolute atomic E-state index is 0.135. The van der Waals surface area contributed by atoms with Crippen LogP contribution in [0.15, 0.2) is 22.7 Å². The molecule has 0 spiro atoms. The Kier molecular flexibility index (Phi) is 5.33. The van der Waals surface area contributed by atoms with E-state index >= 15 is 0 Å². The van der Waals surface area contributed by atoms with Crippen molar-refractivity contribution in [2.24, 2.45) is 0 Å². The van der Waals surface area contributed by atoms with Gasteiger partial charge in [0.2, 0.25) is 0 Å². The number of rotatable bonds is 3. The average Bonchev–Trinajstić information content (AvgIpc) is 2.31. The summed E-state index contributed by atoms with van der Waals surface area (Å²) in [5, 5.41) is 9.37. The van der Waals surface area contributed by atoms with E-state index in [9.17, 15) is 19.1 Å². The summed E-state index contributed by atoms with van der Waals surface area (Å²) in [6, 6.07) is 2.30. The van der Waals surface area contributed by atoms with E-state index in [0.29, 0.717) is 4.47 Å². The Bertz CT molecular complexity index is 556. The van der Waals surface area contributed by atoms with Gasteiger partial charge in [-0.05, 0) is 39.0 Å². The molecule has 1 aromatic rings. The third-order valence-corrected chi connectivity index (χ3v) is 3.28. The number of halogens is 2. The molecule has 0 radical (unpaired) electrons. The Balaban J connectivity index is 3.15. The van der Waals surface area contributed by atoms with Crippen LogP contribution in [-0.4, -0.2) is 34.7 Å². The molecule has 0 aliphatic rings. The molecule has 0 fully saturated rings. The smallest absolute Gasteiger partial charge is 0.411 e. The maximum Gasteiger partial charge on any atom is 0.411 e. The number of ether oxygens (including phenoxy) is 1. The van der Waals surface area contributed by atoms with Gasteiger partial charge >= 0.3 is 12.1 Å². The quantitative estimate of drug-likeness (QED) is 0.893. The zero-order valence-electron chi connectivity index (χ0n) is 12.2. The predicted molar refractivity (Wildman–Crippen MR) is 78.5 cm³/mol. The molecule has 0 saturated heterocycles. The van der Waals surface area contributed by atoms with Crippen LogP contribution < -0.4 is 0 Å². The van der Waals surface area contributed by atoms with Crippen LogP contribution in [0.4, 0.5) is 9.18 Å². The van der Waals surface area contributed by atoms with E-state index in [-0.39, 0.29) is 5.56 Å². The Morgan fingerprint density at radius 1 is 1.38 bits per heavy atom. The fourth-order valence-corrected chi connectivity index (χ4v) is 2.13. The summed E-state index contributed by atoms with van der Waals surface area (Å²) < 4.78 is 18.9. The van der Waals surface area contributed by atoms with Gasteiger partial charge in [0.25, 0.3) is 0 Å². The third kappa shape index (κ3) is 4.70. The van der Waals surface area contributed by atoms with E-state index in [0.717, 1.165) is 11.0 Å². The lowest BCUT2D eigenvalue weighted by Crippen LogP contribution is -2.39. The maximum atomic E-state index is 13.4. The number of likely N-dealkylation sites (N-methyl/N-ethyl adjacent to an activating group) is 1. The van der Waals surface area contributed by atoms with Crippen molar-refractivity contribution in [2.45, 2.75) is 32.4 Å². The number of carbonyl (C=O) groups is 2. The first-order chi connectivity index (χ1) is 9.53. The Morgan fingerprint density at radius 2 is 1.95 bits per heavy atom. The van der Waals surface area contributed by atoms with Crippen molar-refractivity contribution in [3.63, 3.8) is 0 Å². The molecule has 1 unspecified atom stereocenters. The Morgan fingerprint density at radius 3 is 2.43 bits per heavy atom. The zero-order valence-corrected chi connectivity index (χ0v) is 13.8. The molecular weight excluding hydrogens is 345 g/mol. The fourth-order valence-electron chi connectivity index (χ4n) is 1.67. The number of hydrogen-bond acceptors (Lipinski definition) is 3. The fraction of sp³-hybridized carbons (Fsp3) is 0.429. The summed E-state index contributed by atoms with van der Waals surface area (Å²) in [5.74, 6) is -1.87. The molecule has 1 rings (SSSR count). The number of amides is 1. The number of benzene rings is 1. The largest absolute Gasteiger partial charge is 0.479 e. The highest BCUT2D eigenvalue weighted by molar-refractivity contribution is 9.10. The van der Waals surface area contributed by atoms with Crippen LogP contribution in [0.3, 0.4) is 0 Å². The molecule has 0 aliphatic carbocycles. The Labute approximate surface area is 130 Å². The van der Waals surface area contributed by atoms with Crippen LogP contribution in [0.1, 0.15) is 32.4 Å². The first-order valence-corrected chi connectivity index (χ1v) is 6.96. The van der Waals surface area contributed by atoms with Crippen molar-refractivity contribution in [2.75, 3.05) is 7.05 Å². The molecule has 7 heteroatoms. The highest BCUT2D eigenvalue weighted by Gasteiger charge is 2.33. The van der Waals surface area contributed by atoms with Gasteiger partial charge in [-0.3, -0.25) is 4.90 Å². The highest BCUT2D eigenvalue weighted by Crippen LogP contribution is 2.29. The topological polar surface area (TPSA) is 66.8 Å². The summed E-state index contributed by atoms with van der Waals surface area (Å²) in [4.78, 5) is 24.4. The van der Waals surface area contributed by atoms with Gasteiger partial charge in [-0.2, -0.15) is 0 Å². The second kappa shape index (κ2) is 6.43. The maximum absolute atomic E-state index is 13.4. The standard InChI is InChI=1S/C14H17BrFNO4/c1-14(2,3)21-13(20)17(4)11(12(18)19)9-7-8(16)5-6-10(9)15/h5-7,11H,1-4H3,(H,18,19). The van der Waals surface area contributed by atoms with E-state index in [4.69, 9.17) is 4.74 Å². The van der Waals surface area contributed by atoms with Crippen molar-refractivity contribution in [3.8, 4) is 0 Å². The molecule has 0 heterocycles. The van der Waals surface area contributed by atoms with E-state index in [1.54, 1.807) is 20.8 Å². The highest BCUT2D eigenvalue weighted by atomic mass is 79.9. The second-order valence-corrected chi connectivity index (χ2v) is 6.35. The first kappa shape index (κ1) is 17.4. The molecule has 1 N–H and O–H groups in total. The molecule has 0 saturated carbocycles. The summed E-state index contributed by atoms with van der Waals surface area (Å²) >= 11 is 3.17. The Hall–Kier alpha value is -1.63. The minimum Gasteiger partial charge on any atom is -0.479 e. The van der Waals surface area contributed by atoms with Crippen LogP contribution in [0.5, 0.6) is 0 Å². The lowest BCUT2D eigenvalue weighted by atomic mass is 10.1. The molecule has 1 atom stereocenters. The molecule has 21 heavy (non-hydrogen) atoms. The van der Waals surface area contributed by atoms with Crippen LogP contribution in [0.25, 0.3) is 0 Å². The molecule has 0 aliphatic heterocycles.